The van der Waals surface area contributed by atoms with E-state index in [-0.39, 0.29) is 10.8 Å². The molecule has 0 radical (unpaired) electrons. The second-order valence-electron chi connectivity index (χ2n) is 6.81. The van der Waals surface area contributed by atoms with E-state index in [4.69, 9.17) is 0 Å². The Kier molecular flexibility index (Phi) is 5.79. The zero-order valence-corrected chi connectivity index (χ0v) is 16.2. The number of aryl methyl sites for hydroxylation is 1. The number of likely N-dealkylation sites (tertiary alicyclic amines) is 1. The van der Waals surface area contributed by atoms with Gasteiger partial charge in [0.1, 0.15) is 5.82 Å². The smallest absolute Gasteiger partial charge is 0.264 e. The summed E-state index contributed by atoms with van der Waals surface area (Å²) < 4.78 is 40.1. The van der Waals surface area contributed by atoms with Crippen LogP contribution in [0.15, 0.2) is 53.4 Å². The summed E-state index contributed by atoms with van der Waals surface area (Å²) in [5.41, 5.74) is 0.939. The Morgan fingerprint density at radius 3 is 2.25 bits per heavy atom. The van der Waals surface area contributed by atoms with E-state index in [2.05, 4.69) is 4.72 Å². The van der Waals surface area contributed by atoms with Gasteiger partial charge in [-0.05, 0) is 55.7 Å². The van der Waals surface area contributed by atoms with Gasteiger partial charge in [-0.2, -0.15) is 0 Å². The number of carbonyl (C=O) groups is 2. The van der Waals surface area contributed by atoms with Gasteiger partial charge >= 0.3 is 0 Å². The van der Waals surface area contributed by atoms with Crippen LogP contribution in [0.4, 0.5) is 4.39 Å². The average molecular weight is 404 g/mol. The summed E-state index contributed by atoms with van der Waals surface area (Å²) in [7, 11) is -3.93. The van der Waals surface area contributed by atoms with Crippen molar-refractivity contribution in [1.29, 1.82) is 0 Å². The van der Waals surface area contributed by atoms with Crippen LogP contribution in [0.1, 0.15) is 28.8 Å². The first-order valence-electron chi connectivity index (χ1n) is 8.95. The van der Waals surface area contributed by atoms with Crippen molar-refractivity contribution >= 4 is 21.8 Å². The molecule has 0 aromatic heterocycles. The fraction of sp³-hybridized carbons (Fsp3) is 0.300. The van der Waals surface area contributed by atoms with Gasteiger partial charge in [0.05, 0.1) is 4.90 Å². The Bertz CT molecular complexity index is 982. The van der Waals surface area contributed by atoms with Crippen molar-refractivity contribution in [2.24, 2.45) is 5.92 Å². The molecular formula is C20H21FN2O4S. The maximum absolute atomic E-state index is 13.0. The lowest BCUT2D eigenvalue weighted by Crippen LogP contribution is -2.44. The summed E-state index contributed by atoms with van der Waals surface area (Å²) in [5, 5.41) is 0. The molecule has 1 fully saturated rings. The number of nitrogens with zero attached hydrogens (tertiary/aromatic N) is 1. The molecule has 3 rings (SSSR count). The Balaban J connectivity index is 1.60. The minimum atomic E-state index is -3.93. The quantitative estimate of drug-likeness (QED) is 0.849. The fourth-order valence-corrected chi connectivity index (χ4v) is 4.54. The zero-order chi connectivity index (χ0) is 20.3. The number of amides is 2. The normalized spacial score (nSPS) is 15.3. The molecule has 28 heavy (non-hydrogen) atoms. The minimum absolute atomic E-state index is 0.0762. The molecule has 0 unspecified atom stereocenters. The molecule has 1 heterocycles. The number of rotatable bonds is 4. The van der Waals surface area contributed by atoms with Crippen LogP contribution in [0.5, 0.6) is 0 Å². The summed E-state index contributed by atoms with van der Waals surface area (Å²) in [6, 6.07) is 11.7. The number of sulfonamides is 1. The summed E-state index contributed by atoms with van der Waals surface area (Å²) in [6.45, 7) is 2.33. The Hall–Kier alpha value is -2.74. The molecule has 1 N–H and O–H groups in total. The molecule has 0 atom stereocenters. The number of hydrogen-bond acceptors (Lipinski definition) is 4. The zero-order valence-electron chi connectivity index (χ0n) is 15.4. The summed E-state index contributed by atoms with van der Waals surface area (Å²) >= 11 is 0. The van der Waals surface area contributed by atoms with Crippen molar-refractivity contribution in [2.75, 3.05) is 13.1 Å². The predicted molar refractivity (Wildman–Crippen MR) is 102 cm³/mol. The predicted octanol–water partition coefficient (Wildman–Crippen LogP) is 2.49. The second kappa shape index (κ2) is 8.10. The molecular weight excluding hydrogens is 383 g/mol. The highest BCUT2D eigenvalue weighted by Crippen LogP contribution is 2.21. The lowest BCUT2D eigenvalue weighted by atomic mass is 9.96. The molecule has 6 nitrogen and oxygen atoms in total. The molecule has 2 amide bonds. The molecule has 2 aromatic carbocycles. The van der Waals surface area contributed by atoms with E-state index >= 15 is 0 Å². The Morgan fingerprint density at radius 2 is 1.64 bits per heavy atom. The molecule has 0 aliphatic carbocycles. The van der Waals surface area contributed by atoms with Crippen molar-refractivity contribution in [3.63, 3.8) is 0 Å². The van der Waals surface area contributed by atoms with E-state index in [1.165, 1.54) is 30.3 Å². The third kappa shape index (κ3) is 4.39. The van der Waals surface area contributed by atoms with Crippen molar-refractivity contribution < 1.29 is 22.4 Å². The largest absolute Gasteiger partial charge is 0.339 e. The van der Waals surface area contributed by atoms with E-state index in [1.807, 2.05) is 0 Å². The topological polar surface area (TPSA) is 83.6 Å². The highest BCUT2D eigenvalue weighted by Gasteiger charge is 2.30. The third-order valence-electron chi connectivity index (χ3n) is 4.86. The molecule has 1 saturated heterocycles. The molecule has 2 aromatic rings. The number of halogens is 1. The van der Waals surface area contributed by atoms with Crippen molar-refractivity contribution in [3.8, 4) is 0 Å². The number of benzene rings is 2. The number of carbonyl (C=O) groups excluding carboxylic acids is 2. The standard InChI is InChI=1S/C20H21FN2O4S/c1-14-4-2-3-5-18(14)28(26,27)22-19(24)15-10-12-23(13-11-15)20(25)16-6-8-17(21)9-7-16/h2-9,15H,10-13H2,1H3,(H,22,24). The first kappa shape index (κ1) is 20.0. The van der Waals surface area contributed by atoms with E-state index in [9.17, 15) is 22.4 Å². The van der Waals surface area contributed by atoms with Crippen LogP contribution in [0.2, 0.25) is 0 Å². The van der Waals surface area contributed by atoms with Gasteiger partial charge < -0.3 is 4.90 Å². The Morgan fingerprint density at radius 1 is 1.04 bits per heavy atom. The number of piperidine rings is 1. The van der Waals surface area contributed by atoms with Crippen LogP contribution in [0.25, 0.3) is 0 Å². The van der Waals surface area contributed by atoms with Crippen molar-refractivity contribution in [2.45, 2.75) is 24.7 Å². The second-order valence-corrected chi connectivity index (χ2v) is 8.46. The SMILES string of the molecule is Cc1ccccc1S(=O)(=O)NC(=O)C1CCN(C(=O)c2ccc(F)cc2)CC1. The minimum Gasteiger partial charge on any atom is -0.339 e. The van der Waals surface area contributed by atoms with Crippen molar-refractivity contribution in [3.05, 3.63) is 65.5 Å². The summed E-state index contributed by atoms with van der Waals surface area (Å²) in [5.74, 6) is -1.69. The van der Waals surface area contributed by atoms with Gasteiger partial charge in [-0.25, -0.2) is 17.5 Å². The van der Waals surface area contributed by atoms with E-state index in [1.54, 1.807) is 30.0 Å². The van der Waals surface area contributed by atoms with Crippen LogP contribution in [0.3, 0.4) is 0 Å². The molecule has 0 bridgehead atoms. The molecule has 148 valence electrons. The van der Waals surface area contributed by atoms with Crippen LogP contribution in [-0.2, 0) is 14.8 Å². The highest BCUT2D eigenvalue weighted by molar-refractivity contribution is 7.90. The van der Waals surface area contributed by atoms with E-state index in [0.29, 0.717) is 37.1 Å². The highest BCUT2D eigenvalue weighted by atomic mass is 32.2. The maximum Gasteiger partial charge on any atom is 0.264 e. The van der Waals surface area contributed by atoms with Gasteiger partial charge in [-0.15, -0.1) is 0 Å². The van der Waals surface area contributed by atoms with Gasteiger partial charge in [-0.3, -0.25) is 9.59 Å². The average Bonchev–Trinajstić information content (AvgIpc) is 2.68. The fourth-order valence-electron chi connectivity index (χ4n) is 3.25. The van der Waals surface area contributed by atoms with Crippen LogP contribution >= 0.6 is 0 Å². The lowest BCUT2D eigenvalue weighted by Gasteiger charge is -2.31. The Labute approximate surface area is 163 Å². The van der Waals surface area contributed by atoms with Crippen LogP contribution < -0.4 is 4.72 Å². The molecule has 0 spiro atoms. The number of hydrogen-bond donors (Lipinski definition) is 1. The van der Waals surface area contributed by atoms with Gasteiger partial charge in [-0.1, -0.05) is 18.2 Å². The first-order valence-corrected chi connectivity index (χ1v) is 10.4. The van der Waals surface area contributed by atoms with Crippen LogP contribution in [-0.4, -0.2) is 38.2 Å². The third-order valence-corrected chi connectivity index (χ3v) is 6.37. The monoisotopic (exact) mass is 404 g/mol. The lowest BCUT2D eigenvalue weighted by molar-refractivity contribution is -0.124. The maximum atomic E-state index is 13.0. The van der Waals surface area contributed by atoms with Crippen LogP contribution in [0, 0.1) is 18.7 Å². The summed E-state index contributed by atoms with van der Waals surface area (Å²) in [6.07, 6.45) is 0.726. The molecule has 8 heteroatoms. The molecule has 1 aliphatic heterocycles. The molecule has 1 aliphatic rings. The van der Waals surface area contributed by atoms with E-state index in [0.717, 1.165) is 0 Å². The first-order chi connectivity index (χ1) is 13.3. The van der Waals surface area contributed by atoms with Gasteiger partial charge in [0, 0.05) is 24.6 Å². The van der Waals surface area contributed by atoms with Gasteiger partial charge in [0.15, 0.2) is 0 Å². The van der Waals surface area contributed by atoms with Gasteiger partial charge in [0.25, 0.3) is 15.9 Å². The van der Waals surface area contributed by atoms with Crippen molar-refractivity contribution in [1.82, 2.24) is 9.62 Å². The van der Waals surface area contributed by atoms with Gasteiger partial charge in [0.2, 0.25) is 5.91 Å². The van der Waals surface area contributed by atoms with E-state index < -0.39 is 27.7 Å². The number of nitrogens with one attached hydrogen (secondary N) is 1. The molecule has 0 saturated carbocycles. The summed E-state index contributed by atoms with van der Waals surface area (Å²) in [4.78, 5) is 26.6.